The summed E-state index contributed by atoms with van der Waals surface area (Å²) in [5.74, 6) is 2.62. The summed E-state index contributed by atoms with van der Waals surface area (Å²) < 4.78 is 0.663. The minimum Gasteiger partial charge on any atom is -0.143 e. The number of benzene rings is 1. The molecular weight excluding hydrogens is 184 g/mol. The van der Waals surface area contributed by atoms with Crippen molar-refractivity contribution < 1.29 is 0 Å². The van der Waals surface area contributed by atoms with Gasteiger partial charge in [0.05, 0.1) is 4.58 Å². The van der Waals surface area contributed by atoms with Gasteiger partial charge in [-0.05, 0) is 35.6 Å². The standard InChI is InChI=1S/C10H11S2/c1-2-5-9(6-3-1)10-11-7-4-8-12-10/h1-2,5-6,10H,4,7-8H2. The van der Waals surface area contributed by atoms with Gasteiger partial charge in [0.2, 0.25) is 0 Å². The molecule has 1 aromatic rings. The summed E-state index contributed by atoms with van der Waals surface area (Å²) >= 11 is 4.12. The van der Waals surface area contributed by atoms with Crippen LogP contribution in [0.3, 0.4) is 0 Å². The highest BCUT2D eigenvalue weighted by Crippen LogP contribution is 2.43. The van der Waals surface area contributed by atoms with Crippen molar-refractivity contribution in [3.05, 3.63) is 35.9 Å². The fraction of sp³-hybridized carbons (Fsp3) is 0.400. The predicted octanol–water partition coefficient (Wildman–Crippen LogP) is 3.36. The zero-order valence-electron chi connectivity index (χ0n) is 6.82. The molecule has 1 heterocycles. The van der Waals surface area contributed by atoms with Crippen molar-refractivity contribution in [2.24, 2.45) is 0 Å². The maximum atomic E-state index is 3.13. The Morgan fingerprint density at radius 2 is 2.17 bits per heavy atom. The van der Waals surface area contributed by atoms with Gasteiger partial charge >= 0.3 is 0 Å². The highest BCUT2D eigenvalue weighted by molar-refractivity contribution is 8.16. The van der Waals surface area contributed by atoms with Crippen LogP contribution in [0.2, 0.25) is 0 Å². The zero-order valence-corrected chi connectivity index (χ0v) is 8.46. The molecule has 1 aliphatic heterocycles. The minimum atomic E-state index is 0.663. The molecule has 1 aliphatic rings. The number of hydrogen-bond acceptors (Lipinski definition) is 2. The Kier molecular flexibility index (Phi) is 3.01. The van der Waals surface area contributed by atoms with E-state index in [1.807, 2.05) is 6.07 Å². The third kappa shape index (κ3) is 1.99. The van der Waals surface area contributed by atoms with Crippen LogP contribution in [0.25, 0.3) is 0 Å². The Labute approximate surface area is 82.1 Å². The largest absolute Gasteiger partial charge is 0.143 e. The molecule has 12 heavy (non-hydrogen) atoms. The molecule has 0 nitrogen and oxygen atoms in total. The molecule has 0 aliphatic carbocycles. The molecule has 2 rings (SSSR count). The van der Waals surface area contributed by atoms with Crippen LogP contribution < -0.4 is 0 Å². The Morgan fingerprint density at radius 1 is 1.33 bits per heavy atom. The van der Waals surface area contributed by atoms with E-state index in [2.05, 4.69) is 47.8 Å². The molecule has 0 spiro atoms. The second-order valence-corrected chi connectivity index (χ2v) is 5.49. The lowest BCUT2D eigenvalue weighted by Gasteiger charge is -2.20. The van der Waals surface area contributed by atoms with Crippen LogP contribution in [-0.4, -0.2) is 11.5 Å². The van der Waals surface area contributed by atoms with Crippen molar-refractivity contribution in [2.75, 3.05) is 11.5 Å². The summed E-state index contributed by atoms with van der Waals surface area (Å²) in [5.41, 5.74) is 1.42. The van der Waals surface area contributed by atoms with E-state index in [4.69, 9.17) is 0 Å². The number of thioether (sulfide) groups is 2. The smallest absolute Gasteiger partial charge is 0.0751 e. The normalized spacial score (nSPS) is 19.3. The van der Waals surface area contributed by atoms with Gasteiger partial charge in [0.25, 0.3) is 0 Å². The molecule has 2 heteroatoms. The van der Waals surface area contributed by atoms with Gasteiger partial charge in [-0.25, -0.2) is 0 Å². The van der Waals surface area contributed by atoms with Crippen molar-refractivity contribution in [3.63, 3.8) is 0 Å². The van der Waals surface area contributed by atoms with Crippen LogP contribution in [0, 0.1) is 6.07 Å². The second kappa shape index (κ2) is 4.24. The quantitative estimate of drug-likeness (QED) is 0.674. The van der Waals surface area contributed by atoms with E-state index in [0.29, 0.717) is 4.58 Å². The Hall–Kier alpha value is -0.0800. The first-order valence-electron chi connectivity index (χ1n) is 4.16. The van der Waals surface area contributed by atoms with Gasteiger partial charge in [0.15, 0.2) is 0 Å². The molecule has 1 radical (unpaired) electrons. The van der Waals surface area contributed by atoms with Crippen molar-refractivity contribution in [1.29, 1.82) is 0 Å². The van der Waals surface area contributed by atoms with E-state index in [1.54, 1.807) is 0 Å². The summed E-state index contributed by atoms with van der Waals surface area (Å²) in [4.78, 5) is 0. The van der Waals surface area contributed by atoms with Gasteiger partial charge in [-0.15, -0.1) is 23.5 Å². The first-order chi connectivity index (χ1) is 5.97. The Balaban J connectivity index is 2.08. The van der Waals surface area contributed by atoms with Gasteiger partial charge in [0.1, 0.15) is 0 Å². The van der Waals surface area contributed by atoms with Crippen LogP contribution >= 0.6 is 23.5 Å². The third-order valence-corrected chi connectivity index (χ3v) is 4.85. The summed E-state index contributed by atoms with van der Waals surface area (Å²) in [6.07, 6.45) is 1.36. The topological polar surface area (TPSA) is 0 Å². The van der Waals surface area contributed by atoms with Crippen molar-refractivity contribution in [3.8, 4) is 0 Å². The van der Waals surface area contributed by atoms with Crippen LogP contribution in [0.4, 0.5) is 0 Å². The number of rotatable bonds is 1. The molecule has 0 unspecified atom stereocenters. The Morgan fingerprint density at radius 3 is 2.83 bits per heavy atom. The maximum Gasteiger partial charge on any atom is 0.0751 e. The maximum absolute atomic E-state index is 3.13. The predicted molar refractivity (Wildman–Crippen MR) is 57.6 cm³/mol. The zero-order chi connectivity index (χ0) is 8.23. The lowest BCUT2D eigenvalue weighted by Crippen LogP contribution is -1.99. The molecule has 0 bridgehead atoms. The lowest BCUT2D eigenvalue weighted by atomic mass is 10.2. The molecule has 1 fully saturated rings. The molecule has 1 aromatic carbocycles. The van der Waals surface area contributed by atoms with E-state index < -0.39 is 0 Å². The highest BCUT2D eigenvalue weighted by Gasteiger charge is 2.15. The van der Waals surface area contributed by atoms with E-state index >= 15 is 0 Å². The van der Waals surface area contributed by atoms with Crippen molar-refractivity contribution >= 4 is 23.5 Å². The minimum absolute atomic E-state index is 0.663. The average Bonchev–Trinajstić information content (AvgIpc) is 2.21. The molecule has 1 saturated heterocycles. The monoisotopic (exact) mass is 195 g/mol. The molecule has 0 amide bonds. The van der Waals surface area contributed by atoms with E-state index in [0.717, 1.165) is 0 Å². The third-order valence-electron chi connectivity index (χ3n) is 1.83. The van der Waals surface area contributed by atoms with Gasteiger partial charge in [0, 0.05) is 0 Å². The van der Waals surface area contributed by atoms with Crippen molar-refractivity contribution in [1.82, 2.24) is 0 Å². The summed E-state index contributed by atoms with van der Waals surface area (Å²) in [6, 6.07) is 11.5. The van der Waals surface area contributed by atoms with E-state index in [9.17, 15) is 0 Å². The molecule has 0 saturated carbocycles. The van der Waals surface area contributed by atoms with Gasteiger partial charge in [-0.2, -0.15) is 0 Å². The fourth-order valence-electron chi connectivity index (χ4n) is 1.23. The van der Waals surface area contributed by atoms with Crippen LogP contribution in [-0.2, 0) is 0 Å². The number of hydrogen-bond donors (Lipinski definition) is 0. The first kappa shape index (κ1) is 8.52. The first-order valence-corrected chi connectivity index (χ1v) is 6.26. The molecule has 0 atom stereocenters. The molecule has 63 valence electrons. The summed E-state index contributed by atoms with van der Waals surface area (Å²) in [6.45, 7) is 0. The molecule has 0 N–H and O–H groups in total. The van der Waals surface area contributed by atoms with E-state index in [1.165, 1.54) is 23.5 Å². The van der Waals surface area contributed by atoms with Gasteiger partial charge in [-0.3, -0.25) is 0 Å². The summed E-state index contributed by atoms with van der Waals surface area (Å²) in [5, 5.41) is 0. The summed E-state index contributed by atoms with van der Waals surface area (Å²) in [7, 11) is 0. The van der Waals surface area contributed by atoms with Crippen LogP contribution in [0.15, 0.2) is 24.3 Å². The van der Waals surface area contributed by atoms with Crippen LogP contribution in [0.5, 0.6) is 0 Å². The second-order valence-electron chi connectivity index (χ2n) is 2.76. The van der Waals surface area contributed by atoms with E-state index in [-0.39, 0.29) is 0 Å². The van der Waals surface area contributed by atoms with Gasteiger partial charge in [-0.1, -0.05) is 18.2 Å². The fourth-order valence-corrected chi connectivity index (χ4v) is 4.11. The Bertz CT molecular complexity index is 227. The van der Waals surface area contributed by atoms with Crippen molar-refractivity contribution in [2.45, 2.75) is 11.0 Å². The highest BCUT2D eigenvalue weighted by atomic mass is 32.2. The molecule has 0 aromatic heterocycles. The average molecular weight is 195 g/mol. The molecular formula is C10H11S2. The SMILES string of the molecule is [c]1cccc(C2SCCCS2)c1. The lowest BCUT2D eigenvalue weighted by molar-refractivity contribution is 1.10. The van der Waals surface area contributed by atoms with Gasteiger partial charge < -0.3 is 0 Å². The van der Waals surface area contributed by atoms with Crippen LogP contribution in [0.1, 0.15) is 16.6 Å².